The number of aliphatic hydroxyl groups is 1. The van der Waals surface area contributed by atoms with Gasteiger partial charge in [-0.3, -0.25) is 0 Å². The maximum absolute atomic E-state index is 12.7. The largest absolute Gasteiger partial charge is 0.385 e. The van der Waals surface area contributed by atoms with Gasteiger partial charge in [-0.2, -0.15) is 0 Å². The molecule has 3 rings (SSSR count). The summed E-state index contributed by atoms with van der Waals surface area (Å²) >= 11 is 0. The number of para-hydroxylation sites is 1. The quantitative estimate of drug-likeness (QED) is 0.842. The van der Waals surface area contributed by atoms with Crippen LogP contribution in [0.25, 0.3) is 0 Å². The van der Waals surface area contributed by atoms with Crippen molar-refractivity contribution in [1.29, 1.82) is 0 Å². The van der Waals surface area contributed by atoms with Crippen molar-refractivity contribution in [3.63, 3.8) is 0 Å². The number of hydrogen-bond acceptors (Lipinski definition) is 3. The van der Waals surface area contributed by atoms with Crippen LogP contribution in [0.4, 0.5) is 10.5 Å². The van der Waals surface area contributed by atoms with Crippen molar-refractivity contribution < 1.29 is 9.90 Å². The summed E-state index contributed by atoms with van der Waals surface area (Å²) in [5, 5.41) is 14.4. The van der Waals surface area contributed by atoms with Gasteiger partial charge >= 0.3 is 6.03 Å². The Kier molecular flexibility index (Phi) is 7.25. The number of carbonyl (C=O) groups excluding carboxylic acids is 1. The van der Waals surface area contributed by atoms with Crippen molar-refractivity contribution in [2.75, 3.05) is 39.0 Å². The van der Waals surface area contributed by atoms with E-state index in [0.29, 0.717) is 26.1 Å². The fraction of sp³-hybridized carbons (Fsp3) is 0.381. The van der Waals surface area contributed by atoms with Gasteiger partial charge in [0.25, 0.3) is 0 Å². The molecule has 0 aliphatic carbocycles. The Morgan fingerprint density at radius 1 is 1.15 bits per heavy atom. The minimum atomic E-state index is -0.922. The Labute approximate surface area is 167 Å². The first-order valence-electron chi connectivity index (χ1n) is 9.02. The summed E-state index contributed by atoms with van der Waals surface area (Å²) in [6.45, 7) is 1.75. The summed E-state index contributed by atoms with van der Waals surface area (Å²) in [5.41, 5.74) is 0.787. The average molecular weight is 390 g/mol. The van der Waals surface area contributed by atoms with Gasteiger partial charge in [-0.25, -0.2) is 4.79 Å². The van der Waals surface area contributed by atoms with Crippen LogP contribution in [0.5, 0.6) is 0 Å². The molecule has 0 spiro atoms. The van der Waals surface area contributed by atoms with Crippen LogP contribution in [-0.4, -0.2) is 54.7 Å². The van der Waals surface area contributed by atoms with E-state index in [0.717, 1.165) is 11.3 Å². The molecule has 1 heterocycles. The maximum atomic E-state index is 12.7. The lowest BCUT2D eigenvalue weighted by Gasteiger charge is -2.45. The summed E-state index contributed by atoms with van der Waals surface area (Å²) in [5.74, 6) is -0.0600. The molecule has 0 saturated carbocycles. The van der Waals surface area contributed by atoms with Crippen molar-refractivity contribution in [3.8, 4) is 0 Å². The summed E-state index contributed by atoms with van der Waals surface area (Å²) in [6, 6.07) is 19.2. The van der Waals surface area contributed by atoms with Gasteiger partial charge in [0.1, 0.15) is 0 Å². The number of urea groups is 1. The molecule has 1 aliphatic heterocycles. The van der Waals surface area contributed by atoms with Crippen LogP contribution in [0.1, 0.15) is 12.0 Å². The van der Waals surface area contributed by atoms with Crippen LogP contribution in [0.3, 0.4) is 0 Å². The Morgan fingerprint density at radius 3 is 2.33 bits per heavy atom. The van der Waals surface area contributed by atoms with E-state index in [2.05, 4.69) is 10.2 Å². The number of nitrogens with zero attached hydrogens (tertiary/aromatic N) is 2. The van der Waals surface area contributed by atoms with Gasteiger partial charge in [0.05, 0.1) is 5.60 Å². The number of halogens is 1. The third-order valence-electron chi connectivity index (χ3n) is 5.05. The second-order valence-corrected chi connectivity index (χ2v) is 7.24. The van der Waals surface area contributed by atoms with Crippen molar-refractivity contribution >= 4 is 24.1 Å². The van der Waals surface area contributed by atoms with Crippen LogP contribution in [0, 0.1) is 5.92 Å². The molecular weight excluding hydrogens is 362 g/mol. The predicted molar refractivity (Wildman–Crippen MR) is 111 cm³/mol. The molecule has 1 fully saturated rings. The van der Waals surface area contributed by atoms with Crippen molar-refractivity contribution in [1.82, 2.24) is 9.80 Å². The van der Waals surface area contributed by atoms with Gasteiger partial charge in [-0.1, -0.05) is 48.5 Å². The van der Waals surface area contributed by atoms with Crippen LogP contribution < -0.4 is 5.32 Å². The molecule has 2 unspecified atom stereocenters. The minimum absolute atomic E-state index is 0. The number of carbonyl (C=O) groups is 1. The zero-order valence-corrected chi connectivity index (χ0v) is 16.7. The lowest BCUT2D eigenvalue weighted by molar-refractivity contribution is -0.0749. The van der Waals surface area contributed by atoms with E-state index in [4.69, 9.17) is 0 Å². The summed E-state index contributed by atoms with van der Waals surface area (Å²) < 4.78 is 0. The van der Waals surface area contributed by atoms with E-state index in [-0.39, 0.29) is 24.4 Å². The smallest absolute Gasteiger partial charge is 0.321 e. The number of likely N-dealkylation sites (tertiary alicyclic amines) is 1. The molecule has 2 aromatic rings. The Bertz CT molecular complexity index is 727. The molecule has 0 aromatic heterocycles. The molecule has 146 valence electrons. The highest BCUT2D eigenvalue weighted by Gasteiger charge is 2.44. The summed E-state index contributed by atoms with van der Waals surface area (Å²) in [7, 11) is 3.99. The molecule has 27 heavy (non-hydrogen) atoms. The Morgan fingerprint density at radius 2 is 1.74 bits per heavy atom. The van der Waals surface area contributed by atoms with Crippen LogP contribution in [0.15, 0.2) is 60.7 Å². The molecule has 2 aromatic carbocycles. The first-order valence-corrected chi connectivity index (χ1v) is 9.02. The monoisotopic (exact) mass is 389 g/mol. The van der Waals surface area contributed by atoms with E-state index in [1.54, 1.807) is 4.90 Å². The van der Waals surface area contributed by atoms with Crippen molar-refractivity contribution in [2.24, 2.45) is 5.92 Å². The summed E-state index contributed by atoms with van der Waals surface area (Å²) in [4.78, 5) is 16.5. The van der Waals surface area contributed by atoms with Gasteiger partial charge in [0, 0.05) is 31.2 Å². The zero-order chi connectivity index (χ0) is 18.6. The van der Waals surface area contributed by atoms with E-state index in [1.807, 2.05) is 74.8 Å². The Balaban J connectivity index is 0.00000261. The average Bonchev–Trinajstić information content (AvgIpc) is 2.64. The van der Waals surface area contributed by atoms with E-state index in [9.17, 15) is 9.90 Å². The second-order valence-electron chi connectivity index (χ2n) is 7.24. The third kappa shape index (κ3) is 5.01. The van der Waals surface area contributed by atoms with E-state index in [1.165, 1.54) is 0 Å². The van der Waals surface area contributed by atoms with Gasteiger partial charge in [0.2, 0.25) is 0 Å². The normalized spacial score (nSPS) is 22.2. The van der Waals surface area contributed by atoms with Crippen LogP contribution >= 0.6 is 12.4 Å². The molecule has 0 bridgehead atoms. The van der Waals surface area contributed by atoms with E-state index < -0.39 is 5.60 Å². The number of benzene rings is 2. The molecule has 6 heteroatoms. The number of nitrogens with one attached hydrogen (secondary N) is 1. The summed E-state index contributed by atoms with van der Waals surface area (Å²) in [6.07, 6.45) is 0.526. The molecule has 1 saturated heterocycles. The van der Waals surface area contributed by atoms with Crippen LogP contribution in [-0.2, 0) is 5.60 Å². The van der Waals surface area contributed by atoms with Gasteiger partial charge in [-0.15, -0.1) is 12.4 Å². The number of rotatable bonds is 4. The predicted octanol–water partition coefficient (Wildman–Crippen LogP) is 3.41. The topological polar surface area (TPSA) is 55.8 Å². The lowest BCUT2D eigenvalue weighted by atomic mass is 9.75. The molecule has 5 nitrogen and oxygen atoms in total. The highest BCUT2D eigenvalue weighted by molar-refractivity contribution is 5.89. The van der Waals surface area contributed by atoms with Gasteiger partial charge in [0.15, 0.2) is 0 Å². The number of amides is 2. The van der Waals surface area contributed by atoms with Gasteiger partial charge in [-0.05, 0) is 38.2 Å². The van der Waals surface area contributed by atoms with Crippen LogP contribution in [0.2, 0.25) is 0 Å². The number of anilines is 1. The molecule has 2 atom stereocenters. The zero-order valence-electron chi connectivity index (χ0n) is 15.8. The first kappa shape index (κ1) is 21.2. The van der Waals surface area contributed by atoms with Crippen molar-refractivity contribution in [3.05, 3.63) is 66.2 Å². The fourth-order valence-corrected chi connectivity index (χ4v) is 3.68. The Hall–Kier alpha value is -2.08. The highest BCUT2D eigenvalue weighted by atomic mass is 35.5. The fourth-order valence-electron chi connectivity index (χ4n) is 3.68. The molecule has 2 N–H and O–H groups in total. The SMILES string of the molecule is CN(C)CC1CN(C(=O)Nc2ccccc2)CCC1(O)c1ccccc1.Cl. The second kappa shape index (κ2) is 9.22. The molecule has 2 amide bonds. The molecular formula is C21H28ClN3O2. The third-order valence-corrected chi connectivity index (χ3v) is 5.05. The maximum Gasteiger partial charge on any atom is 0.321 e. The van der Waals surface area contributed by atoms with Crippen molar-refractivity contribution in [2.45, 2.75) is 12.0 Å². The standard InChI is InChI=1S/C21H27N3O2.ClH/c1-23(2)15-18-16-24(20(25)22-19-11-7-4-8-12-19)14-13-21(18,26)17-9-5-3-6-10-17;/h3-12,18,26H,13-16H2,1-2H3,(H,22,25);1H. The minimum Gasteiger partial charge on any atom is -0.385 e. The van der Waals surface area contributed by atoms with E-state index >= 15 is 0 Å². The lowest BCUT2D eigenvalue weighted by Crippen LogP contribution is -2.55. The highest BCUT2D eigenvalue weighted by Crippen LogP contribution is 2.37. The number of piperidine rings is 1. The molecule has 1 aliphatic rings. The molecule has 0 radical (unpaired) electrons. The first-order chi connectivity index (χ1) is 12.5. The van der Waals surface area contributed by atoms with Gasteiger partial charge < -0.3 is 20.2 Å². The number of hydrogen-bond donors (Lipinski definition) is 2.